The molecule has 0 N–H and O–H groups in total. The highest BCUT2D eigenvalue weighted by Crippen LogP contribution is 2.45. The van der Waals surface area contributed by atoms with E-state index in [4.69, 9.17) is 14.5 Å². The number of Topliss-reactive ketones (excluding diaryl/α,β-unsaturated/α-hetero) is 1. The van der Waals surface area contributed by atoms with E-state index in [0.717, 1.165) is 12.8 Å². The zero-order chi connectivity index (χ0) is 14.4. The van der Waals surface area contributed by atoms with Crippen LogP contribution in [-0.2, 0) is 19.3 Å². The summed E-state index contributed by atoms with van der Waals surface area (Å²) in [4.78, 5) is 22.8. The van der Waals surface area contributed by atoms with Gasteiger partial charge in [-0.05, 0) is 25.7 Å². The number of fused-ring (bicyclic) bond motifs is 1. The molecule has 1 heterocycles. The molecule has 3 rings (SSSR count). The number of hydrogen-bond donors (Lipinski definition) is 0. The van der Waals surface area contributed by atoms with Crippen LogP contribution in [0.15, 0.2) is 11.6 Å². The maximum absolute atomic E-state index is 11.4. The van der Waals surface area contributed by atoms with Crippen molar-refractivity contribution in [1.82, 2.24) is 0 Å². The Hall–Kier alpha value is -0.710. The molecule has 0 aromatic heterocycles. The van der Waals surface area contributed by atoms with Gasteiger partial charge in [0, 0.05) is 25.7 Å². The number of carbonyl (C=O) groups is 1. The van der Waals surface area contributed by atoms with Gasteiger partial charge < -0.3 is 4.74 Å². The summed E-state index contributed by atoms with van der Waals surface area (Å²) in [6, 6.07) is 0. The summed E-state index contributed by atoms with van der Waals surface area (Å²) in [5, 5.41) is 0. The molecule has 4 nitrogen and oxygen atoms in total. The fraction of sp³-hybridized carbons (Fsp3) is 0.812. The van der Waals surface area contributed by atoms with Crippen molar-refractivity contribution in [1.29, 1.82) is 0 Å². The van der Waals surface area contributed by atoms with Crippen LogP contribution in [0.1, 0.15) is 59.3 Å². The first-order chi connectivity index (χ1) is 9.42. The second-order valence-corrected chi connectivity index (χ2v) is 6.86. The second kappa shape index (κ2) is 4.93. The molecule has 0 radical (unpaired) electrons. The Bertz CT molecular complexity index is 430. The van der Waals surface area contributed by atoms with E-state index in [0.29, 0.717) is 37.4 Å². The largest absolute Gasteiger partial charge is 0.337 e. The molecule has 112 valence electrons. The smallest absolute Gasteiger partial charge is 0.203 e. The molecular formula is C16H24O4. The lowest BCUT2D eigenvalue weighted by molar-refractivity contribution is -0.525. The van der Waals surface area contributed by atoms with Crippen LogP contribution < -0.4 is 0 Å². The summed E-state index contributed by atoms with van der Waals surface area (Å²) >= 11 is 0. The highest BCUT2D eigenvalue weighted by atomic mass is 17.2. The molecule has 2 fully saturated rings. The van der Waals surface area contributed by atoms with Gasteiger partial charge >= 0.3 is 0 Å². The maximum atomic E-state index is 11.4. The van der Waals surface area contributed by atoms with Gasteiger partial charge in [-0.15, -0.1) is 0 Å². The Balaban J connectivity index is 1.80. The van der Waals surface area contributed by atoms with E-state index in [1.165, 1.54) is 5.57 Å². The van der Waals surface area contributed by atoms with Crippen molar-refractivity contribution in [3.05, 3.63) is 11.6 Å². The number of allylic oxidation sites excluding steroid dienone is 1. The number of rotatable bonds is 1. The molecule has 20 heavy (non-hydrogen) atoms. The van der Waals surface area contributed by atoms with Crippen molar-refractivity contribution in [2.45, 2.75) is 76.8 Å². The minimum atomic E-state index is -0.714. The fourth-order valence-corrected chi connectivity index (χ4v) is 3.25. The number of ether oxygens (including phenoxy) is 1. The van der Waals surface area contributed by atoms with Crippen LogP contribution >= 0.6 is 0 Å². The van der Waals surface area contributed by atoms with Gasteiger partial charge in [0.05, 0.1) is 0 Å². The Labute approximate surface area is 120 Å². The molecule has 3 aliphatic rings. The quantitative estimate of drug-likeness (QED) is 0.546. The predicted molar refractivity (Wildman–Crippen MR) is 73.8 cm³/mol. The van der Waals surface area contributed by atoms with Crippen molar-refractivity contribution in [3.63, 3.8) is 0 Å². The molecule has 1 spiro atoms. The molecule has 0 bridgehead atoms. The van der Waals surface area contributed by atoms with Gasteiger partial charge in [-0.3, -0.25) is 4.79 Å². The van der Waals surface area contributed by atoms with Gasteiger partial charge in [0.25, 0.3) is 0 Å². The van der Waals surface area contributed by atoms with Gasteiger partial charge in [-0.25, -0.2) is 9.78 Å². The predicted octanol–water partition coefficient (Wildman–Crippen LogP) is 3.31. The molecule has 0 aromatic rings. The van der Waals surface area contributed by atoms with Crippen LogP contribution in [0.25, 0.3) is 0 Å². The molecule has 1 saturated carbocycles. The molecule has 0 aromatic carbocycles. The fourth-order valence-electron chi connectivity index (χ4n) is 3.25. The minimum absolute atomic E-state index is 0.0735. The van der Waals surface area contributed by atoms with Crippen LogP contribution in [0.2, 0.25) is 0 Å². The lowest BCUT2D eigenvalue weighted by atomic mass is 9.80. The first-order valence-electron chi connectivity index (χ1n) is 7.69. The maximum Gasteiger partial charge on any atom is 0.203 e. The summed E-state index contributed by atoms with van der Waals surface area (Å²) in [5.41, 5.74) is 1.03. The zero-order valence-electron chi connectivity index (χ0n) is 12.6. The first kappa shape index (κ1) is 14.2. The molecule has 0 unspecified atom stereocenters. The summed E-state index contributed by atoms with van der Waals surface area (Å²) in [6.45, 7) is 6.47. The summed E-state index contributed by atoms with van der Waals surface area (Å²) < 4.78 is 6.27. The third-order valence-electron chi connectivity index (χ3n) is 4.91. The van der Waals surface area contributed by atoms with E-state index in [-0.39, 0.29) is 6.10 Å². The van der Waals surface area contributed by atoms with Gasteiger partial charge in [0.15, 0.2) is 0 Å². The van der Waals surface area contributed by atoms with E-state index in [1.54, 1.807) is 0 Å². The summed E-state index contributed by atoms with van der Waals surface area (Å²) in [6.07, 6.45) is 6.33. The van der Waals surface area contributed by atoms with Gasteiger partial charge in [0.1, 0.15) is 17.5 Å². The van der Waals surface area contributed by atoms with Crippen molar-refractivity contribution < 1.29 is 19.3 Å². The third-order valence-corrected chi connectivity index (χ3v) is 4.91. The molecule has 1 aliphatic heterocycles. The summed E-state index contributed by atoms with van der Waals surface area (Å²) in [5.74, 6) is 0.113. The lowest BCUT2D eigenvalue weighted by Crippen LogP contribution is -2.58. The Morgan fingerprint density at radius 1 is 1.15 bits per heavy atom. The average Bonchev–Trinajstić information content (AvgIpc) is 2.42. The molecular weight excluding hydrogens is 256 g/mol. The number of hydrogen-bond acceptors (Lipinski definition) is 4. The van der Waals surface area contributed by atoms with E-state index in [1.807, 2.05) is 6.92 Å². The topological polar surface area (TPSA) is 44.8 Å². The van der Waals surface area contributed by atoms with Crippen LogP contribution in [-0.4, -0.2) is 23.3 Å². The van der Waals surface area contributed by atoms with E-state index in [2.05, 4.69) is 19.9 Å². The average molecular weight is 280 g/mol. The Morgan fingerprint density at radius 2 is 1.85 bits per heavy atom. The SMILES string of the molecule is CC(C)C1=C[C@H]2OC3(CCC(=O)CC3)OO[C@@]2(C)CC1. The lowest BCUT2D eigenvalue weighted by Gasteiger charge is -2.50. The van der Waals surface area contributed by atoms with E-state index in [9.17, 15) is 4.79 Å². The number of ketones is 1. The second-order valence-electron chi connectivity index (χ2n) is 6.86. The Kier molecular flexibility index (Phi) is 3.51. The van der Waals surface area contributed by atoms with E-state index >= 15 is 0 Å². The molecule has 2 atom stereocenters. The molecule has 2 aliphatic carbocycles. The van der Waals surface area contributed by atoms with Crippen LogP contribution in [0.5, 0.6) is 0 Å². The van der Waals surface area contributed by atoms with E-state index < -0.39 is 11.4 Å². The van der Waals surface area contributed by atoms with Crippen molar-refractivity contribution >= 4 is 5.78 Å². The van der Waals surface area contributed by atoms with Crippen LogP contribution in [0.3, 0.4) is 0 Å². The van der Waals surface area contributed by atoms with Gasteiger partial charge in [-0.2, -0.15) is 0 Å². The van der Waals surface area contributed by atoms with Gasteiger partial charge in [0.2, 0.25) is 5.79 Å². The minimum Gasteiger partial charge on any atom is -0.337 e. The van der Waals surface area contributed by atoms with Crippen LogP contribution in [0.4, 0.5) is 0 Å². The normalized spacial score (nSPS) is 36.9. The van der Waals surface area contributed by atoms with Gasteiger partial charge in [-0.1, -0.05) is 25.5 Å². The highest BCUT2D eigenvalue weighted by Gasteiger charge is 2.52. The monoisotopic (exact) mass is 280 g/mol. The van der Waals surface area contributed by atoms with Crippen molar-refractivity contribution in [2.75, 3.05) is 0 Å². The standard InChI is InChI=1S/C16H24O4/c1-11(2)12-4-7-15(3)14(10-12)18-16(20-19-15)8-5-13(17)6-9-16/h10-11,14H,4-9H2,1-3H3/t14-,15+/m1/s1. The molecule has 4 heteroatoms. The first-order valence-corrected chi connectivity index (χ1v) is 7.69. The van der Waals surface area contributed by atoms with Crippen LogP contribution in [0, 0.1) is 5.92 Å². The number of carbonyl (C=O) groups excluding carboxylic acids is 1. The highest BCUT2D eigenvalue weighted by molar-refractivity contribution is 5.79. The van der Waals surface area contributed by atoms with Crippen molar-refractivity contribution in [2.24, 2.45) is 5.92 Å². The molecule has 1 saturated heterocycles. The molecule has 0 amide bonds. The summed E-state index contributed by atoms with van der Waals surface area (Å²) in [7, 11) is 0. The third kappa shape index (κ3) is 2.45. The van der Waals surface area contributed by atoms with Crippen molar-refractivity contribution in [3.8, 4) is 0 Å². The zero-order valence-corrected chi connectivity index (χ0v) is 12.6. The Morgan fingerprint density at radius 3 is 2.50 bits per heavy atom.